The third kappa shape index (κ3) is 3.38. The fraction of sp³-hybridized carbons (Fsp3) is 0.188. The van der Waals surface area contributed by atoms with Gasteiger partial charge in [0.15, 0.2) is 0 Å². The number of nitriles is 1. The van der Waals surface area contributed by atoms with E-state index in [1.54, 1.807) is 6.07 Å². The minimum atomic E-state index is -0.0502. The summed E-state index contributed by atoms with van der Waals surface area (Å²) in [4.78, 5) is 2.03. The largest absolute Gasteiger partial charge is 0.392 e. The lowest BCUT2D eigenvalue weighted by Gasteiger charge is -2.21. The average Bonchev–Trinajstić information content (AvgIpc) is 2.48. The Bertz CT molecular complexity index is 632. The maximum Gasteiger partial charge on any atom is 0.101 e. The Morgan fingerprint density at radius 3 is 2.40 bits per heavy atom. The SMILES string of the molecule is CN(Cc1ccc(Br)cc1)c1ccc(CO)cc1C#N. The van der Waals surface area contributed by atoms with Crippen molar-refractivity contribution in [1.82, 2.24) is 0 Å². The summed E-state index contributed by atoms with van der Waals surface area (Å²) >= 11 is 3.41. The van der Waals surface area contributed by atoms with Gasteiger partial charge in [-0.05, 0) is 35.4 Å². The number of nitrogens with zero attached hydrogens (tertiary/aromatic N) is 2. The van der Waals surface area contributed by atoms with Gasteiger partial charge < -0.3 is 10.0 Å². The third-order valence-electron chi connectivity index (χ3n) is 3.11. The number of halogens is 1. The van der Waals surface area contributed by atoms with E-state index in [-0.39, 0.29) is 6.61 Å². The molecule has 1 N–H and O–H groups in total. The van der Waals surface area contributed by atoms with Crippen LogP contribution in [0, 0.1) is 11.3 Å². The highest BCUT2D eigenvalue weighted by atomic mass is 79.9. The van der Waals surface area contributed by atoms with Crippen LogP contribution in [-0.2, 0) is 13.2 Å². The van der Waals surface area contributed by atoms with Gasteiger partial charge in [-0.15, -0.1) is 0 Å². The molecule has 0 aliphatic rings. The molecule has 3 nitrogen and oxygen atoms in total. The fourth-order valence-electron chi connectivity index (χ4n) is 2.05. The Balaban J connectivity index is 2.22. The van der Waals surface area contributed by atoms with Gasteiger partial charge in [-0.25, -0.2) is 0 Å². The summed E-state index contributed by atoms with van der Waals surface area (Å²) in [6.07, 6.45) is 0. The standard InChI is InChI=1S/C16H15BrN2O/c1-19(10-12-2-5-15(17)6-3-12)16-7-4-13(11-20)8-14(16)9-18/h2-8,20H,10-11H2,1H3. The maximum absolute atomic E-state index is 9.23. The summed E-state index contributed by atoms with van der Waals surface area (Å²) in [7, 11) is 1.96. The van der Waals surface area contributed by atoms with E-state index in [9.17, 15) is 5.26 Å². The van der Waals surface area contributed by atoms with E-state index in [0.29, 0.717) is 5.56 Å². The average molecular weight is 331 g/mol. The molecule has 0 spiro atoms. The smallest absolute Gasteiger partial charge is 0.101 e. The van der Waals surface area contributed by atoms with Crippen molar-refractivity contribution >= 4 is 21.6 Å². The van der Waals surface area contributed by atoms with Gasteiger partial charge in [0.1, 0.15) is 6.07 Å². The van der Waals surface area contributed by atoms with Crippen LogP contribution in [0.25, 0.3) is 0 Å². The molecule has 102 valence electrons. The first-order valence-electron chi connectivity index (χ1n) is 6.23. The summed E-state index contributed by atoms with van der Waals surface area (Å²) in [5, 5.41) is 18.3. The van der Waals surface area contributed by atoms with E-state index in [2.05, 4.69) is 34.1 Å². The second-order valence-corrected chi connectivity index (χ2v) is 5.52. The molecule has 0 amide bonds. The molecule has 0 aliphatic heterocycles. The van der Waals surface area contributed by atoms with Crippen LogP contribution >= 0.6 is 15.9 Å². The molecule has 0 heterocycles. The number of hydrogen-bond donors (Lipinski definition) is 1. The first kappa shape index (κ1) is 14.6. The van der Waals surface area contributed by atoms with Gasteiger partial charge in [0, 0.05) is 18.1 Å². The molecule has 4 heteroatoms. The first-order chi connectivity index (χ1) is 9.63. The number of hydrogen-bond acceptors (Lipinski definition) is 3. The normalized spacial score (nSPS) is 10.1. The predicted molar refractivity (Wildman–Crippen MR) is 83.3 cm³/mol. The van der Waals surface area contributed by atoms with Gasteiger partial charge >= 0.3 is 0 Å². The van der Waals surface area contributed by atoms with Crippen LogP contribution in [0.3, 0.4) is 0 Å². The molecule has 0 saturated heterocycles. The molecular formula is C16H15BrN2O. The van der Waals surface area contributed by atoms with E-state index in [4.69, 9.17) is 5.11 Å². The molecule has 0 aromatic heterocycles. The molecule has 0 fully saturated rings. The van der Waals surface area contributed by atoms with Crippen molar-refractivity contribution in [3.05, 3.63) is 63.6 Å². The summed E-state index contributed by atoms with van der Waals surface area (Å²) in [6, 6.07) is 15.7. The van der Waals surface area contributed by atoms with E-state index in [1.807, 2.05) is 36.2 Å². The van der Waals surface area contributed by atoms with Gasteiger partial charge in [0.05, 0.1) is 17.9 Å². The predicted octanol–water partition coefficient (Wildman–Crippen LogP) is 3.45. The zero-order chi connectivity index (χ0) is 14.5. The van der Waals surface area contributed by atoms with Gasteiger partial charge in [0.2, 0.25) is 0 Å². The molecule has 2 rings (SSSR count). The second kappa shape index (κ2) is 6.56. The van der Waals surface area contributed by atoms with Crippen molar-refractivity contribution in [2.45, 2.75) is 13.2 Å². The number of aliphatic hydroxyl groups is 1. The number of rotatable bonds is 4. The van der Waals surface area contributed by atoms with Crippen molar-refractivity contribution in [3.8, 4) is 6.07 Å². The molecular weight excluding hydrogens is 316 g/mol. The zero-order valence-corrected chi connectivity index (χ0v) is 12.8. The van der Waals surface area contributed by atoms with Gasteiger partial charge in [-0.2, -0.15) is 5.26 Å². The Morgan fingerprint density at radius 1 is 1.15 bits per heavy atom. The van der Waals surface area contributed by atoms with Gasteiger partial charge in [0.25, 0.3) is 0 Å². The monoisotopic (exact) mass is 330 g/mol. The van der Waals surface area contributed by atoms with Crippen molar-refractivity contribution in [3.63, 3.8) is 0 Å². The number of anilines is 1. The number of benzene rings is 2. The van der Waals surface area contributed by atoms with Crippen molar-refractivity contribution < 1.29 is 5.11 Å². The van der Waals surface area contributed by atoms with Crippen LogP contribution in [0.2, 0.25) is 0 Å². The van der Waals surface area contributed by atoms with E-state index >= 15 is 0 Å². The van der Waals surface area contributed by atoms with Crippen LogP contribution in [0.4, 0.5) is 5.69 Å². The molecule has 2 aromatic carbocycles. The second-order valence-electron chi connectivity index (χ2n) is 4.60. The lowest BCUT2D eigenvalue weighted by atomic mass is 10.1. The quantitative estimate of drug-likeness (QED) is 0.933. The highest BCUT2D eigenvalue weighted by Crippen LogP contribution is 2.22. The Labute approximate surface area is 127 Å². The molecule has 0 unspecified atom stereocenters. The van der Waals surface area contributed by atoms with Crippen molar-refractivity contribution in [1.29, 1.82) is 5.26 Å². The third-order valence-corrected chi connectivity index (χ3v) is 3.64. The van der Waals surface area contributed by atoms with Crippen molar-refractivity contribution in [2.75, 3.05) is 11.9 Å². The summed E-state index contributed by atoms with van der Waals surface area (Å²) < 4.78 is 1.05. The van der Waals surface area contributed by atoms with Crippen LogP contribution in [0.5, 0.6) is 0 Å². The molecule has 2 aromatic rings. The summed E-state index contributed by atoms with van der Waals surface area (Å²) in [5.41, 5.74) is 3.37. The molecule has 0 aliphatic carbocycles. The minimum Gasteiger partial charge on any atom is -0.392 e. The zero-order valence-electron chi connectivity index (χ0n) is 11.2. The van der Waals surface area contributed by atoms with Crippen molar-refractivity contribution in [2.24, 2.45) is 0 Å². The Kier molecular flexibility index (Phi) is 4.78. The van der Waals surface area contributed by atoms with Crippen LogP contribution < -0.4 is 4.90 Å². The lowest BCUT2D eigenvalue weighted by Crippen LogP contribution is -2.17. The molecule has 0 bridgehead atoms. The van der Waals surface area contributed by atoms with E-state index in [0.717, 1.165) is 22.3 Å². The Hall–Kier alpha value is -1.83. The lowest BCUT2D eigenvalue weighted by molar-refractivity contribution is 0.282. The minimum absolute atomic E-state index is 0.0502. The van der Waals surface area contributed by atoms with E-state index < -0.39 is 0 Å². The highest BCUT2D eigenvalue weighted by Gasteiger charge is 2.09. The molecule has 0 saturated carbocycles. The summed E-state index contributed by atoms with van der Waals surface area (Å²) in [5.74, 6) is 0. The number of aliphatic hydroxyl groups excluding tert-OH is 1. The van der Waals surface area contributed by atoms with Crippen LogP contribution in [-0.4, -0.2) is 12.2 Å². The topological polar surface area (TPSA) is 47.3 Å². The Morgan fingerprint density at radius 2 is 1.80 bits per heavy atom. The fourth-order valence-corrected chi connectivity index (χ4v) is 2.32. The van der Waals surface area contributed by atoms with Gasteiger partial charge in [-0.3, -0.25) is 0 Å². The molecule has 20 heavy (non-hydrogen) atoms. The summed E-state index contributed by atoms with van der Waals surface area (Å²) in [6.45, 7) is 0.672. The maximum atomic E-state index is 9.23. The van der Waals surface area contributed by atoms with Crippen LogP contribution in [0.1, 0.15) is 16.7 Å². The molecule has 0 radical (unpaired) electrons. The van der Waals surface area contributed by atoms with E-state index in [1.165, 1.54) is 5.56 Å². The molecule has 0 atom stereocenters. The van der Waals surface area contributed by atoms with Crippen LogP contribution in [0.15, 0.2) is 46.9 Å². The first-order valence-corrected chi connectivity index (χ1v) is 7.03. The highest BCUT2D eigenvalue weighted by molar-refractivity contribution is 9.10. The van der Waals surface area contributed by atoms with Gasteiger partial charge in [-0.1, -0.05) is 34.1 Å².